The number of hydrogen-bond donors (Lipinski definition) is 1. The lowest BCUT2D eigenvalue weighted by Gasteiger charge is -2.22. The summed E-state index contributed by atoms with van der Waals surface area (Å²) in [6.45, 7) is 11.6. The lowest BCUT2D eigenvalue weighted by Crippen LogP contribution is -2.23. The van der Waals surface area contributed by atoms with Crippen molar-refractivity contribution in [2.24, 2.45) is 0 Å². The quantitative estimate of drug-likeness (QED) is 0.770. The van der Waals surface area contributed by atoms with Gasteiger partial charge in [-0.2, -0.15) is 0 Å². The van der Waals surface area contributed by atoms with Gasteiger partial charge in [-0.25, -0.2) is 9.97 Å². The Morgan fingerprint density at radius 2 is 1.60 bits per heavy atom. The zero-order valence-corrected chi connectivity index (χ0v) is 10.4. The summed E-state index contributed by atoms with van der Waals surface area (Å²) in [5.74, 6) is 0.777. The van der Waals surface area contributed by atoms with Crippen LogP contribution in [0, 0.1) is 6.92 Å². The fourth-order valence-electron chi connectivity index (χ4n) is 1.22. The Labute approximate surface area is 91.6 Å². The SMILES string of the molecule is Cc1cc(C(C)(C)O)nc(C(C)(C)C)n1. The Kier molecular flexibility index (Phi) is 2.88. The number of aromatic nitrogens is 2. The third-order valence-corrected chi connectivity index (χ3v) is 2.15. The molecule has 1 aromatic heterocycles. The van der Waals surface area contributed by atoms with Gasteiger partial charge in [0.15, 0.2) is 0 Å². The largest absolute Gasteiger partial charge is 0.384 e. The average molecular weight is 208 g/mol. The number of aryl methyl sites for hydroxylation is 1. The molecule has 0 saturated carbocycles. The van der Waals surface area contributed by atoms with Gasteiger partial charge in [-0.1, -0.05) is 20.8 Å². The van der Waals surface area contributed by atoms with Crippen molar-refractivity contribution in [3.8, 4) is 0 Å². The van der Waals surface area contributed by atoms with Gasteiger partial charge < -0.3 is 5.11 Å². The van der Waals surface area contributed by atoms with Crippen LogP contribution in [0.2, 0.25) is 0 Å². The molecule has 0 saturated heterocycles. The second kappa shape index (κ2) is 3.56. The molecular formula is C12H20N2O. The van der Waals surface area contributed by atoms with Gasteiger partial charge in [-0.05, 0) is 26.8 Å². The molecule has 1 N–H and O–H groups in total. The molecule has 0 aliphatic heterocycles. The molecule has 0 atom stereocenters. The summed E-state index contributed by atoms with van der Waals surface area (Å²) in [7, 11) is 0. The second-order valence-electron chi connectivity index (χ2n) is 5.53. The maximum Gasteiger partial charge on any atom is 0.134 e. The molecule has 1 heterocycles. The molecule has 0 aromatic carbocycles. The van der Waals surface area contributed by atoms with E-state index in [1.54, 1.807) is 13.8 Å². The molecule has 0 spiro atoms. The van der Waals surface area contributed by atoms with E-state index in [1.807, 2.05) is 13.0 Å². The molecule has 0 unspecified atom stereocenters. The predicted octanol–water partition coefficient (Wildman–Crippen LogP) is 2.31. The summed E-state index contributed by atoms with van der Waals surface area (Å²) in [6.07, 6.45) is 0. The van der Waals surface area contributed by atoms with Crippen LogP contribution in [0.3, 0.4) is 0 Å². The van der Waals surface area contributed by atoms with Gasteiger partial charge >= 0.3 is 0 Å². The Morgan fingerprint density at radius 3 is 2.00 bits per heavy atom. The second-order valence-corrected chi connectivity index (χ2v) is 5.53. The maximum atomic E-state index is 9.91. The van der Waals surface area contributed by atoms with E-state index in [0.717, 1.165) is 11.5 Å². The van der Waals surface area contributed by atoms with E-state index in [4.69, 9.17) is 0 Å². The Morgan fingerprint density at radius 1 is 1.07 bits per heavy atom. The van der Waals surface area contributed by atoms with Crippen molar-refractivity contribution in [3.05, 3.63) is 23.3 Å². The van der Waals surface area contributed by atoms with Crippen LogP contribution in [-0.4, -0.2) is 15.1 Å². The smallest absolute Gasteiger partial charge is 0.134 e. The normalized spacial score (nSPS) is 13.0. The van der Waals surface area contributed by atoms with Crippen molar-refractivity contribution in [3.63, 3.8) is 0 Å². The van der Waals surface area contributed by atoms with E-state index in [2.05, 4.69) is 30.7 Å². The van der Waals surface area contributed by atoms with E-state index < -0.39 is 5.60 Å². The molecular weight excluding hydrogens is 188 g/mol. The molecule has 0 radical (unpaired) electrons. The van der Waals surface area contributed by atoms with Gasteiger partial charge in [0.25, 0.3) is 0 Å². The monoisotopic (exact) mass is 208 g/mol. The summed E-state index contributed by atoms with van der Waals surface area (Å²) < 4.78 is 0. The van der Waals surface area contributed by atoms with Crippen molar-refractivity contribution in [1.82, 2.24) is 9.97 Å². The molecule has 0 bridgehead atoms. The fourth-order valence-corrected chi connectivity index (χ4v) is 1.22. The number of rotatable bonds is 1. The number of hydrogen-bond acceptors (Lipinski definition) is 3. The maximum absolute atomic E-state index is 9.91. The lowest BCUT2D eigenvalue weighted by molar-refractivity contribution is 0.0731. The van der Waals surface area contributed by atoms with Crippen LogP contribution in [0.1, 0.15) is 51.8 Å². The fraction of sp³-hybridized carbons (Fsp3) is 0.667. The molecule has 0 amide bonds. The third kappa shape index (κ3) is 2.99. The topological polar surface area (TPSA) is 46.0 Å². The van der Waals surface area contributed by atoms with Gasteiger partial charge in [-0.15, -0.1) is 0 Å². The highest BCUT2D eigenvalue weighted by atomic mass is 16.3. The minimum Gasteiger partial charge on any atom is -0.384 e. The van der Waals surface area contributed by atoms with Gasteiger partial charge in [-0.3, -0.25) is 0 Å². The Balaban J connectivity index is 3.30. The number of nitrogens with zero attached hydrogens (tertiary/aromatic N) is 2. The summed E-state index contributed by atoms with van der Waals surface area (Å²) in [5, 5.41) is 9.91. The zero-order valence-electron chi connectivity index (χ0n) is 10.4. The molecule has 3 heteroatoms. The molecule has 0 aliphatic carbocycles. The molecule has 1 rings (SSSR count). The average Bonchev–Trinajstić information content (AvgIpc) is 1.99. The van der Waals surface area contributed by atoms with Crippen LogP contribution in [0.15, 0.2) is 6.07 Å². The first-order valence-electron chi connectivity index (χ1n) is 5.20. The van der Waals surface area contributed by atoms with Crippen LogP contribution in [-0.2, 0) is 11.0 Å². The first-order chi connectivity index (χ1) is 6.60. The highest BCUT2D eigenvalue weighted by Gasteiger charge is 2.23. The van der Waals surface area contributed by atoms with Crippen LogP contribution in [0.4, 0.5) is 0 Å². The molecule has 0 aliphatic rings. The van der Waals surface area contributed by atoms with Crippen molar-refractivity contribution in [2.45, 2.75) is 52.6 Å². The zero-order chi connectivity index (χ0) is 11.9. The predicted molar refractivity (Wildman–Crippen MR) is 60.7 cm³/mol. The van der Waals surface area contributed by atoms with E-state index in [-0.39, 0.29) is 5.41 Å². The molecule has 15 heavy (non-hydrogen) atoms. The van der Waals surface area contributed by atoms with Gasteiger partial charge in [0, 0.05) is 11.1 Å². The first kappa shape index (κ1) is 12.1. The summed E-state index contributed by atoms with van der Waals surface area (Å²) >= 11 is 0. The minimum absolute atomic E-state index is 0.0913. The van der Waals surface area contributed by atoms with Crippen LogP contribution < -0.4 is 0 Å². The van der Waals surface area contributed by atoms with Crippen LogP contribution in [0.5, 0.6) is 0 Å². The van der Waals surface area contributed by atoms with Crippen LogP contribution in [0.25, 0.3) is 0 Å². The third-order valence-electron chi connectivity index (χ3n) is 2.15. The first-order valence-corrected chi connectivity index (χ1v) is 5.20. The Bertz CT molecular complexity index is 327. The van der Waals surface area contributed by atoms with Crippen LogP contribution >= 0.6 is 0 Å². The van der Waals surface area contributed by atoms with E-state index in [9.17, 15) is 5.11 Å². The summed E-state index contributed by atoms with van der Waals surface area (Å²) in [6, 6.07) is 1.83. The molecule has 84 valence electrons. The molecule has 0 fully saturated rings. The Hall–Kier alpha value is -0.960. The highest BCUT2D eigenvalue weighted by molar-refractivity contribution is 5.18. The summed E-state index contributed by atoms with van der Waals surface area (Å²) in [5.41, 5.74) is 0.576. The minimum atomic E-state index is -0.909. The summed E-state index contributed by atoms with van der Waals surface area (Å²) in [4.78, 5) is 8.81. The molecule has 1 aromatic rings. The van der Waals surface area contributed by atoms with Crippen molar-refractivity contribution >= 4 is 0 Å². The standard InChI is InChI=1S/C12H20N2O/c1-8-7-9(12(5,6)15)14-10(13-8)11(2,3)4/h7,15H,1-6H3. The van der Waals surface area contributed by atoms with Gasteiger partial charge in [0.05, 0.1) is 5.69 Å². The van der Waals surface area contributed by atoms with E-state index in [0.29, 0.717) is 5.69 Å². The van der Waals surface area contributed by atoms with Crippen molar-refractivity contribution < 1.29 is 5.11 Å². The lowest BCUT2D eigenvalue weighted by atomic mass is 9.94. The highest BCUT2D eigenvalue weighted by Crippen LogP contribution is 2.23. The van der Waals surface area contributed by atoms with Crippen molar-refractivity contribution in [2.75, 3.05) is 0 Å². The van der Waals surface area contributed by atoms with E-state index >= 15 is 0 Å². The van der Waals surface area contributed by atoms with Crippen molar-refractivity contribution in [1.29, 1.82) is 0 Å². The van der Waals surface area contributed by atoms with Gasteiger partial charge in [0.2, 0.25) is 0 Å². The van der Waals surface area contributed by atoms with E-state index in [1.165, 1.54) is 0 Å². The molecule has 3 nitrogen and oxygen atoms in total. The van der Waals surface area contributed by atoms with Gasteiger partial charge in [0.1, 0.15) is 11.4 Å². The number of aliphatic hydroxyl groups is 1.